The number of nitrogens with one attached hydrogen (secondary N) is 1. The average Bonchev–Trinajstić information content (AvgIpc) is 3.09. The molecule has 1 aliphatic heterocycles. The summed E-state index contributed by atoms with van der Waals surface area (Å²) >= 11 is 4.84. The number of carbonyl (C=O) groups is 1. The minimum Gasteiger partial charge on any atom is -0.488 e. The molecule has 3 aromatic rings. The van der Waals surface area contributed by atoms with Crippen LogP contribution in [-0.2, 0) is 11.4 Å². The second-order valence-electron chi connectivity index (χ2n) is 7.21. The zero-order valence-corrected chi connectivity index (χ0v) is 19.6. The Morgan fingerprint density at radius 3 is 2.61 bits per heavy atom. The number of rotatable bonds is 5. The van der Waals surface area contributed by atoms with Crippen LogP contribution >= 0.6 is 27.7 Å². The van der Waals surface area contributed by atoms with Crippen molar-refractivity contribution in [3.05, 3.63) is 98.4 Å². The third-order valence-electron chi connectivity index (χ3n) is 4.87. The summed E-state index contributed by atoms with van der Waals surface area (Å²) in [5.41, 5.74) is 5.11. The Balaban J connectivity index is 1.56. The first-order valence-corrected chi connectivity index (χ1v) is 11.4. The van der Waals surface area contributed by atoms with Crippen LogP contribution in [0.15, 0.2) is 81.1 Å². The van der Waals surface area contributed by atoms with E-state index in [9.17, 15) is 4.79 Å². The Morgan fingerprint density at radius 2 is 1.84 bits per heavy atom. The van der Waals surface area contributed by atoms with Crippen LogP contribution in [0.2, 0.25) is 0 Å². The average molecular weight is 493 g/mol. The molecule has 1 N–H and O–H groups in total. The van der Waals surface area contributed by atoms with Crippen LogP contribution in [0.5, 0.6) is 5.75 Å². The van der Waals surface area contributed by atoms with Crippen LogP contribution in [-0.4, -0.2) is 11.1 Å². The van der Waals surface area contributed by atoms with Crippen molar-refractivity contribution < 1.29 is 9.53 Å². The standard InChI is InChI=1S/C25H21BrN2O2S/c1-16-8-10-21(12-17(16)2)27-25-28-24(29)23(31-25)14-19-13-20(26)9-11-22(19)30-15-18-6-4-3-5-7-18/h3-14H,15H2,1-2H3,(H,27,28,29). The Morgan fingerprint density at radius 1 is 1.03 bits per heavy atom. The van der Waals surface area contributed by atoms with Gasteiger partial charge in [0.15, 0.2) is 5.17 Å². The molecule has 0 unspecified atom stereocenters. The molecule has 4 rings (SSSR count). The fraction of sp³-hybridized carbons (Fsp3) is 0.120. The Kier molecular flexibility index (Phi) is 6.59. The number of halogens is 1. The molecular weight excluding hydrogens is 472 g/mol. The number of hydrogen-bond donors (Lipinski definition) is 1. The molecule has 1 heterocycles. The topological polar surface area (TPSA) is 50.7 Å². The summed E-state index contributed by atoms with van der Waals surface area (Å²) in [5, 5.41) is 3.42. The van der Waals surface area contributed by atoms with Crippen molar-refractivity contribution in [2.24, 2.45) is 4.99 Å². The summed E-state index contributed by atoms with van der Waals surface area (Å²) in [6.07, 6.45) is 1.84. The maximum absolute atomic E-state index is 12.5. The lowest BCUT2D eigenvalue weighted by Crippen LogP contribution is -2.19. The van der Waals surface area contributed by atoms with Crippen molar-refractivity contribution in [3.63, 3.8) is 0 Å². The van der Waals surface area contributed by atoms with E-state index in [1.165, 1.54) is 22.9 Å². The van der Waals surface area contributed by atoms with E-state index in [1.807, 2.05) is 72.8 Å². The normalized spacial score (nSPS) is 16.0. The van der Waals surface area contributed by atoms with Crippen molar-refractivity contribution in [2.75, 3.05) is 0 Å². The van der Waals surface area contributed by atoms with Crippen molar-refractivity contribution >= 4 is 50.5 Å². The van der Waals surface area contributed by atoms with Crippen molar-refractivity contribution in [2.45, 2.75) is 20.5 Å². The second kappa shape index (κ2) is 9.54. The lowest BCUT2D eigenvalue weighted by molar-refractivity contribution is -0.115. The highest BCUT2D eigenvalue weighted by Crippen LogP contribution is 2.32. The SMILES string of the molecule is Cc1ccc(N=C2NC(=O)C(=Cc3cc(Br)ccc3OCc3ccccc3)S2)cc1C. The summed E-state index contributed by atoms with van der Waals surface area (Å²) in [4.78, 5) is 17.7. The minimum atomic E-state index is -0.165. The maximum atomic E-state index is 12.5. The van der Waals surface area contributed by atoms with E-state index in [4.69, 9.17) is 4.74 Å². The number of nitrogens with zero attached hydrogens (tertiary/aromatic N) is 1. The molecule has 156 valence electrons. The number of carbonyl (C=O) groups excluding carboxylic acids is 1. The van der Waals surface area contributed by atoms with Gasteiger partial charge in [0.1, 0.15) is 12.4 Å². The largest absolute Gasteiger partial charge is 0.488 e. The van der Waals surface area contributed by atoms with Gasteiger partial charge in [-0.15, -0.1) is 0 Å². The summed E-state index contributed by atoms with van der Waals surface area (Å²) < 4.78 is 6.95. The van der Waals surface area contributed by atoms with Gasteiger partial charge in [-0.3, -0.25) is 4.79 Å². The second-order valence-corrected chi connectivity index (χ2v) is 9.15. The molecule has 3 aromatic carbocycles. The van der Waals surface area contributed by atoms with Gasteiger partial charge in [0, 0.05) is 10.0 Å². The monoisotopic (exact) mass is 492 g/mol. The van der Waals surface area contributed by atoms with Gasteiger partial charge in [-0.2, -0.15) is 0 Å². The number of thioether (sulfide) groups is 1. The highest BCUT2D eigenvalue weighted by molar-refractivity contribution is 9.10. The highest BCUT2D eigenvalue weighted by atomic mass is 79.9. The number of amides is 1. The van der Waals surface area contributed by atoms with E-state index in [0.29, 0.717) is 22.4 Å². The molecule has 4 nitrogen and oxygen atoms in total. The quantitative estimate of drug-likeness (QED) is 0.411. The zero-order chi connectivity index (χ0) is 21.8. The molecule has 0 saturated carbocycles. The lowest BCUT2D eigenvalue weighted by atomic mass is 10.1. The van der Waals surface area contributed by atoms with E-state index in [0.717, 1.165) is 21.3 Å². The molecule has 0 spiro atoms. The van der Waals surface area contributed by atoms with E-state index >= 15 is 0 Å². The predicted molar refractivity (Wildman–Crippen MR) is 132 cm³/mol. The van der Waals surface area contributed by atoms with E-state index in [-0.39, 0.29) is 5.91 Å². The number of ether oxygens (including phenoxy) is 1. The number of aryl methyl sites for hydroxylation is 2. The fourth-order valence-corrected chi connectivity index (χ4v) is 4.24. The van der Waals surface area contributed by atoms with Crippen LogP contribution in [0.3, 0.4) is 0 Å². The van der Waals surface area contributed by atoms with Crippen LogP contribution in [0.25, 0.3) is 6.08 Å². The van der Waals surface area contributed by atoms with Crippen LogP contribution in [0, 0.1) is 13.8 Å². The van der Waals surface area contributed by atoms with Crippen LogP contribution in [0.1, 0.15) is 22.3 Å². The number of amidine groups is 1. The Hall–Kier alpha value is -2.83. The van der Waals surface area contributed by atoms with Gasteiger partial charge in [0.2, 0.25) is 0 Å². The molecule has 1 aliphatic rings. The third-order valence-corrected chi connectivity index (χ3v) is 6.27. The lowest BCUT2D eigenvalue weighted by Gasteiger charge is -2.10. The molecule has 1 saturated heterocycles. The Labute approximate surface area is 194 Å². The third kappa shape index (κ3) is 5.46. The van der Waals surface area contributed by atoms with Gasteiger partial charge in [0.05, 0.1) is 10.6 Å². The zero-order valence-electron chi connectivity index (χ0n) is 17.2. The summed E-state index contributed by atoms with van der Waals surface area (Å²) in [6.45, 7) is 4.57. The van der Waals surface area contributed by atoms with Gasteiger partial charge in [-0.1, -0.05) is 52.3 Å². The smallest absolute Gasteiger partial charge is 0.264 e. The molecule has 6 heteroatoms. The minimum absolute atomic E-state index is 0.165. The van der Waals surface area contributed by atoms with Gasteiger partial charge in [-0.25, -0.2) is 4.99 Å². The van der Waals surface area contributed by atoms with Gasteiger partial charge in [-0.05, 0) is 78.7 Å². The van der Waals surface area contributed by atoms with Crippen LogP contribution < -0.4 is 10.1 Å². The molecule has 0 aliphatic carbocycles. The molecule has 31 heavy (non-hydrogen) atoms. The molecule has 0 radical (unpaired) electrons. The fourth-order valence-electron chi connectivity index (χ4n) is 3.03. The summed E-state index contributed by atoms with van der Waals surface area (Å²) in [7, 11) is 0. The number of aliphatic imine (C=N–C) groups is 1. The predicted octanol–water partition coefficient (Wildman–Crippen LogP) is 6.54. The van der Waals surface area contributed by atoms with Crippen molar-refractivity contribution in [3.8, 4) is 5.75 Å². The molecule has 0 atom stereocenters. The highest BCUT2D eigenvalue weighted by Gasteiger charge is 2.24. The number of benzene rings is 3. The summed E-state index contributed by atoms with van der Waals surface area (Å²) in [5.74, 6) is 0.550. The number of hydrogen-bond acceptors (Lipinski definition) is 4. The van der Waals surface area contributed by atoms with Gasteiger partial charge in [0.25, 0.3) is 5.91 Å². The van der Waals surface area contributed by atoms with E-state index in [1.54, 1.807) is 0 Å². The first kappa shape index (κ1) is 21.4. The maximum Gasteiger partial charge on any atom is 0.264 e. The van der Waals surface area contributed by atoms with Crippen molar-refractivity contribution in [1.29, 1.82) is 0 Å². The molecule has 1 amide bonds. The van der Waals surface area contributed by atoms with E-state index in [2.05, 4.69) is 40.1 Å². The van der Waals surface area contributed by atoms with E-state index < -0.39 is 0 Å². The first-order chi connectivity index (χ1) is 15.0. The summed E-state index contributed by atoms with van der Waals surface area (Å²) in [6, 6.07) is 21.8. The van der Waals surface area contributed by atoms with Crippen LogP contribution in [0.4, 0.5) is 5.69 Å². The van der Waals surface area contributed by atoms with Gasteiger partial charge >= 0.3 is 0 Å². The Bertz CT molecular complexity index is 1190. The van der Waals surface area contributed by atoms with Gasteiger partial charge < -0.3 is 10.1 Å². The first-order valence-electron chi connectivity index (χ1n) is 9.81. The van der Waals surface area contributed by atoms with Crippen molar-refractivity contribution in [1.82, 2.24) is 5.32 Å². The molecule has 0 aromatic heterocycles. The molecule has 0 bridgehead atoms. The molecular formula is C25H21BrN2O2S. The molecule has 1 fully saturated rings.